The fourth-order valence-electron chi connectivity index (χ4n) is 2.53. The van der Waals surface area contributed by atoms with Crippen LogP contribution in [0.1, 0.15) is 22.8 Å². The van der Waals surface area contributed by atoms with E-state index in [4.69, 9.17) is 4.74 Å². The van der Waals surface area contributed by atoms with E-state index in [1.54, 1.807) is 18.6 Å². The van der Waals surface area contributed by atoms with Crippen LogP contribution in [0.4, 0.5) is 0 Å². The molecular formula is C19H17NO2. The van der Waals surface area contributed by atoms with Gasteiger partial charge in [-0.1, -0.05) is 42.5 Å². The average Bonchev–Trinajstić information content (AvgIpc) is 2.92. The first-order chi connectivity index (χ1) is 10.7. The van der Waals surface area contributed by atoms with Gasteiger partial charge in [0, 0.05) is 24.1 Å². The Morgan fingerprint density at radius 1 is 1.09 bits per heavy atom. The van der Waals surface area contributed by atoms with Crippen LogP contribution in [0.2, 0.25) is 0 Å². The first kappa shape index (κ1) is 14.1. The lowest BCUT2D eigenvalue weighted by molar-refractivity contribution is 0.0941. The number of methoxy groups -OCH3 is 1. The molecule has 0 fully saturated rings. The maximum atomic E-state index is 11.8. The van der Waals surface area contributed by atoms with Gasteiger partial charge >= 0.3 is 0 Å². The zero-order chi connectivity index (χ0) is 15.5. The van der Waals surface area contributed by atoms with Crippen LogP contribution in [-0.2, 0) is 0 Å². The molecule has 0 saturated carbocycles. The van der Waals surface area contributed by atoms with Crippen molar-refractivity contribution in [3.05, 3.63) is 65.9 Å². The second-order valence-corrected chi connectivity index (χ2v) is 5.10. The van der Waals surface area contributed by atoms with E-state index in [0.717, 1.165) is 27.8 Å². The number of carbonyl (C=O) groups is 1. The molecule has 3 nitrogen and oxygen atoms in total. The summed E-state index contributed by atoms with van der Waals surface area (Å²) >= 11 is 0. The molecule has 22 heavy (non-hydrogen) atoms. The number of ether oxygens (including phenoxy) is 1. The summed E-state index contributed by atoms with van der Waals surface area (Å²) in [6.45, 7) is 1.57. The van der Waals surface area contributed by atoms with Gasteiger partial charge in [0.15, 0.2) is 0 Å². The van der Waals surface area contributed by atoms with Gasteiger partial charge in [0.1, 0.15) is 5.75 Å². The lowest BCUT2D eigenvalue weighted by atomic mass is 10.1. The third kappa shape index (κ3) is 2.66. The van der Waals surface area contributed by atoms with Crippen molar-refractivity contribution in [1.29, 1.82) is 0 Å². The molecule has 0 unspecified atom stereocenters. The standard InChI is InChI=1S/C19H17NO2/c1-14(21)20-13-16(18-8-3-4-9-19(18)20)11-10-15-6-5-7-17(12-15)22-2/h3-13H,1-2H3/b11-10+. The van der Waals surface area contributed by atoms with Crippen molar-refractivity contribution in [3.63, 3.8) is 0 Å². The molecular weight excluding hydrogens is 274 g/mol. The van der Waals surface area contributed by atoms with Crippen LogP contribution in [0.5, 0.6) is 5.75 Å². The van der Waals surface area contributed by atoms with Crippen molar-refractivity contribution < 1.29 is 9.53 Å². The SMILES string of the molecule is COc1cccc(/C=C/c2cn(C(C)=O)c3ccccc23)c1. The predicted molar refractivity (Wildman–Crippen MR) is 90.2 cm³/mol. The maximum absolute atomic E-state index is 11.8. The van der Waals surface area contributed by atoms with E-state index in [-0.39, 0.29) is 5.91 Å². The smallest absolute Gasteiger partial charge is 0.227 e. The van der Waals surface area contributed by atoms with Crippen molar-refractivity contribution >= 4 is 29.0 Å². The molecule has 0 radical (unpaired) electrons. The highest BCUT2D eigenvalue weighted by atomic mass is 16.5. The second-order valence-electron chi connectivity index (χ2n) is 5.10. The first-order valence-corrected chi connectivity index (χ1v) is 7.12. The summed E-state index contributed by atoms with van der Waals surface area (Å²) in [5, 5.41) is 1.07. The fraction of sp³-hybridized carbons (Fsp3) is 0.105. The van der Waals surface area contributed by atoms with Crippen molar-refractivity contribution in [2.24, 2.45) is 0 Å². The lowest BCUT2D eigenvalue weighted by Gasteiger charge is -1.99. The highest BCUT2D eigenvalue weighted by molar-refractivity contribution is 5.98. The monoisotopic (exact) mass is 291 g/mol. The fourth-order valence-corrected chi connectivity index (χ4v) is 2.53. The number of fused-ring (bicyclic) bond motifs is 1. The minimum atomic E-state index is 0.0113. The van der Waals surface area contributed by atoms with Crippen LogP contribution in [0.15, 0.2) is 54.7 Å². The Labute approximate surface area is 129 Å². The normalized spacial score (nSPS) is 11.2. The Morgan fingerprint density at radius 2 is 1.91 bits per heavy atom. The molecule has 3 heteroatoms. The Morgan fingerprint density at radius 3 is 2.68 bits per heavy atom. The van der Waals surface area contributed by atoms with Crippen LogP contribution in [0.3, 0.4) is 0 Å². The summed E-state index contributed by atoms with van der Waals surface area (Å²) < 4.78 is 6.91. The van der Waals surface area contributed by atoms with Crippen LogP contribution in [0, 0.1) is 0 Å². The van der Waals surface area contributed by atoms with Crippen molar-refractivity contribution in [1.82, 2.24) is 4.57 Å². The van der Waals surface area contributed by atoms with Gasteiger partial charge < -0.3 is 4.74 Å². The molecule has 110 valence electrons. The Kier molecular flexibility index (Phi) is 3.79. The minimum Gasteiger partial charge on any atom is -0.497 e. The quantitative estimate of drug-likeness (QED) is 0.712. The molecule has 3 aromatic rings. The zero-order valence-electron chi connectivity index (χ0n) is 12.6. The average molecular weight is 291 g/mol. The summed E-state index contributed by atoms with van der Waals surface area (Å²) in [5.74, 6) is 0.838. The van der Waals surface area contributed by atoms with E-state index in [1.807, 2.05) is 66.9 Å². The third-order valence-electron chi connectivity index (χ3n) is 3.63. The van der Waals surface area contributed by atoms with Gasteiger partial charge in [0.25, 0.3) is 0 Å². The molecule has 0 bridgehead atoms. The molecule has 0 amide bonds. The van der Waals surface area contributed by atoms with Gasteiger partial charge in [-0.2, -0.15) is 0 Å². The number of carbonyl (C=O) groups excluding carboxylic acids is 1. The Balaban J connectivity index is 2.03. The van der Waals surface area contributed by atoms with Gasteiger partial charge in [0.2, 0.25) is 5.91 Å². The lowest BCUT2D eigenvalue weighted by Crippen LogP contribution is -2.02. The molecule has 0 saturated heterocycles. The Bertz CT molecular complexity index is 859. The number of aromatic nitrogens is 1. The summed E-state index contributed by atoms with van der Waals surface area (Å²) in [4.78, 5) is 11.8. The maximum Gasteiger partial charge on any atom is 0.227 e. The molecule has 0 N–H and O–H groups in total. The minimum absolute atomic E-state index is 0.0113. The zero-order valence-corrected chi connectivity index (χ0v) is 12.6. The molecule has 0 aliphatic heterocycles. The summed E-state index contributed by atoms with van der Waals surface area (Å²) in [7, 11) is 1.66. The Hall–Kier alpha value is -2.81. The van der Waals surface area contributed by atoms with Gasteiger partial charge in [-0.05, 0) is 23.8 Å². The summed E-state index contributed by atoms with van der Waals surface area (Å²) in [6, 6.07) is 15.8. The van der Waals surface area contributed by atoms with E-state index < -0.39 is 0 Å². The first-order valence-electron chi connectivity index (χ1n) is 7.12. The number of hydrogen-bond acceptors (Lipinski definition) is 2. The van der Waals surface area contributed by atoms with Crippen molar-refractivity contribution in [3.8, 4) is 5.75 Å². The molecule has 0 aliphatic rings. The molecule has 0 aliphatic carbocycles. The largest absolute Gasteiger partial charge is 0.497 e. The van der Waals surface area contributed by atoms with Crippen LogP contribution < -0.4 is 4.74 Å². The van der Waals surface area contributed by atoms with Gasteiger partial charge in [0.05, 0.1) is 12.6 Å². The van der Waals surface area contributed by atoms with E-state index >= 15 is 0 Å². The van der Waals surface area contributed by atoms with E-state index in [9.17, 15) is 4.79 Å². The van der Waals surface area contributed by atoms with E-state index in [0.29, 0.717) is 0 Å². The molecule has 3 rings (SSSR count). The predicted octanol–water partition coefficient (Wildman–Crippen LogP) is 4.48. The van der Waals surface area contributed by atoms with Gasteiger partial charge in [-0.15, -0.1) is 0 Å². The number of rotatable bonds is 3. The summed E-state index contributed by atoms with van der Waals surface area (Å²) in [6.07, 6.45) is 5.93. The molecule has 1 heterocycles. The third-order valence-corrected chi connectivity index (χ3v) is 3.63. The van der Waals surface area contributed by atoms with E-state index in [1.165, 1.54) is 0 Å². The molecule has 0 spiro atoms. The van der Waals surface area contributed by atoms with Crippen molar-refractivity contribution in [2.75, 3.05) is 7.11 Å². The molecule has 0 atom stereocenters. The number of benzene rings is 2. The topological polar surface area (TPSA) is 31.2 Å². The summed E-state index contributed by atoms with van der Waals surface area (Å²) in [5.41, 5.74) is 3.01. The highest BCUT2D eigenvalue weighted by Gasteiger charge is 2.08. The number of hydrogen-bond donors (Lipinski definition) is 0. The number of para-hydroxylation sites is 1. The highest BCUT2D eigenvalue weighted by Crippen LogP contribution is 2.23. The van der Waals surface area contributed by atoms with Crippen molar-refractivity contribution in [2.45, 2.75) is 6.92 Å². The van der Waals surface area contributed by atoms with Crippen LogP contribution >= 0.6 is 0 Å². The molecule has 1 aromatic heterocycles. The van der Waals surface area contributed by atoms with E-state index in [2.05, 4.69) is 0 Å². The van der Waals surface area contributed by atoms with Crippen LogP contribution in [0.25, 0.3) is 23.1 Å². The van der Waals surface area contributed by atoms with Gasteiger partial charge in [-0.25, -0.2) is 0 Å². The molecule has 2 aromatic carbocycles. The van der Waals surface area contributed by atoms with Gasteiger partial charge in [-0.3, -0.25) is 9.36 Å². The number of nitrogens with zero attached hydrogens (tertiary/aromatic N) is 1. The second kappa shape index (κ2) is 5.90. The van der Waals surface area contributed by atoms with Crippen LogP contribution in [-0.4, -0.2) is 17.6 Å².